The summed E-state index contributed by atoms with van der Waals surface area (Å²) in [7, 11) is -14.2. The molecule has 0 bridgehead atoms. The molecule has 2 aromatic carbocycles. The van der Waals surface area contributed by atoms with Crippen molar-refractivity contribution in [2.75, 3.05) is 63.5 Å². The minimum Gasteiger partial charge on any atom is -0.481 e. The van der Waals surface area contributed by atoms with E-state index >= 15 is 0 Å². The highest BCUT2D eigenvalue weighted by Crippen LogP contribution is 2.51. The summed E-state index contributed by atoms with van der Waals surface area (Å²) >= 11 is 0. The first kappa shape index (κ1) is 53.5. The number of carboxylic acids is 1. The summed E-state index contributed by atoms with van der Waals surface area (Å²) in [4.78, 5) is 12.8. The second-order valence-corrected chi connectivity index (χ2v) is 22.6. The third-order valence-electron chi connectivity index (χ3n) is 11.5. The van der Waals surface area contributed by atoms with Crippen molar-refractivity contribution in [2.45, 2.75) is 85.8 Å². The molecule has 0 saturated heterocycles. The maximum atomic E-state index is 13.3. The summed E-state index contributed by atoms with van der Waals surface area (Å²) < 4.78 is 142. The fourth-order valence-corrected chi connectivity index (χ4v) is 10.9. The van der Waals surface area contributed by atoms with Gasteiger partial charge in [0.15, 0.2) is 5.71 Å². The minimum atomic E-state index is -4.61. The van der Waals surface area contributed by atoms with Crippen molar-refractivity contribution in [3.63, 3.8) is 0 Å². The Morgan fingerprint density at radius 3 is 1.95 bits per heavy atom. The van der Waals surface area contributed by atoms with Crippen LogP contribution < -0.4 is 9.62 Å². The van der Waals surface area contributed by atoms with Crippen LogP contribution in [0.15, 0.2) is 94.4 Å². The average Bonchev–Trinajstić information content (AvgIpc) is 3.57. The molecule has 5 N–H and O–H groups in total. The molecule has 2 aromatic rings. The van der Waals surface area contributed by atoms with E-state index in [9.17, 15) is 52.1 Å². The van der Waals surface area contributed by atoms with Gasteiger partial charge in [-0.2, -0.15) is 29.8 Å². The molecule has 0 aromatic heterocycles. The van der Waals surface area contributed by atoms with Crippen LogP contribution in [0.3, 0.4) is 0 Å². The van der Waals surface area contributed by atoms with Gasteiger partial charge < -0.3 is 19.5 Å². The van der Waals surface area contributed by atoms with Crippen molar-refractivity contribution in [3.8, 4) is 0 Å². The van der Waals surface area contributed by atoms with Gasteiger partial charge in [0, 0.05) is 74.7 Å². The minimum absolute atomic E-state index is 0.00279. The van der Waals surface area contributed by atoms with Gasteiger partial charge in [-0.15, -0.1) is 0 Å². The van der Waals surface area contributed by atoms with Gasteiger partial charge in [-0.05, 0) is 94.3 Å². The van der Waals surface area contributed by atoms with Crippen molar-refractivity contribution >= 4 is 63.4 Å². The number of methoxy groups -OCH3 is 2. The molecule has 22 heteroatoms. The zero-order chi connectivity index (χ0) is 48.3. The largest absolute Gasteiger partial charge is 0.481 e. The highest BCUT2D eigenvalue weighted by Gasteiger charge is 2.48. The summed E-state index contributed by atoms with van der Waals surface area (Å²) in [5, 5.41) is 9.12. The lowest BCUT2D eigenvalue weighted by Crippen LogP contribution is -2.32. The number of allylic oxidation sites excluding steroid dienone is 8. The molecule has 0 radical (unpaired) electrons. The normalized spacial score (nSPS) is 20.0. The number of nitrogens with one attached hydrogen (secondary N) is 1. The molecule has 360 valence electrons. The van der Waals surface area contributed by atoms with Crippen molar-refractivity contribution < 1.29 is 71.3 Å². The highest BCUT2D eigenvalue weighted by molar-refractivity contribution is 7.89. The number of nitrogens with zero attached hydrogens (tertiary/aromatic N) is 2. The smallest absolute Gasteiger partial charge is 0.303 e. The molecule has 2 atom stereocenters. The Hall–Kier alpha value is -4.10. The van der Waals surface area contributed by atoms with Crippen LogP contribution in [0.4, 0.5) is 11.4 Å². The number of hydrogen-bond donors (Lipinski definition) is 5. The van der Waals surface area contributed by atoms with E-state index in [1.54, 1.807) is 55.7 Å². The quantitative estimate of drug-likeness (QED) is 0.0334. The van der Waals surface area contributed by atoms with Gasteiger partial charge in [-0.3, -0.25) is 18.5 Å². The molecule has 0 spiro atoms. The van der Waals surface area contributed by atoms with Crippen molar-refractivity contribution in [3.05, 3.63) is 95.8 Å². The SMILES string of the molecule is COCCNS(=O)(=O)c1ccc2c(c1)C(C)(CCCS(=O)(=O)O)\C(=C/C=C/C=C/C=C/C1=[N+](CCCCCC(=O)O)c3ccc(S(=O)(=O)O)cc3C1(C)CCCS(=O)(=O)O)N2CCOC. The van der Waals surface area contributed by atoms with Gasteiger partial charge in [-0.25, -0.2) is 13.1 Å². The van der Waals surface area contributed by atoms with E-state index in [0.29, 0.717) is 67.2 Å². The molecule has 18 nitrogen and oxygen atoms in total. The van der Waals surface area contributed by atoms with Crippen LogP contribution in [0.25, 0.3) is 0 Å². The van der Waals surface area contributed by atoms with Crippen LogP contribution in [-0.2, 0) is 65.5 Å². The zero-order valence-electron chi connectivity index (χ0n) is 36.9. The third-order valence-corrected chi connectivity index (χ3v) is 15.4. The number of rotatable bonds is 27. The molecule has 0 fully saturated rings. The Labute approximate surface area is 382 Å². The Bertz CT molecular complexity index is 2660. The van der Waals surface area contributed by atoms with Gasteiger partial charge in [0.05, 0.1) is 39.9 Å². The summed E-state index contributed by atoms with van der Waals surface area (Å²) in [6.45, 7) is 5.01. The molecule has 4 rings (SSSR count). The van der Waals surface area contributed by atoms with Gasteiger partial charge >= 0.3 is 5.97 Å². The van der Waals surface area contributed by atoms with Crippen molar-refractivity contribution in [1.29, 1.82) is 0 Å². The molecule has 2 heterocycles. The number of fused-ring (bicyclic) bond motifs is 2. The molecule has 2 unspecified atom stereocenters. The van der Waals surface area contributed by atoms with Crippen LogP contribution in [-0.4, -0.2) is 127 Å². The van der Waals surface area contributed by atoms with Crippen LogP contribution in [0.2, 0.25) is 0 Å². The standard InChI is InChI=1S/C43H59N3O15S4/c1-42(22-13-29-62(49,50)51)35-31-33(64(55,56)44-24-27-60-3)18-20-38(35)46(26-28-61-4)40(42)16-10-7-5-6-9-15-39-43(2,23-14-30-63(52,53)54)36-32-34(65(57,58)59)19-21-37(36)45(39)25-12-8-11-17-41(47)48/h5-7,9-10,15-16,18-21,31-32,44H,8,11-14,17,22-30H2,1-4H3,(H3-,47,48,49,50,51,52,53,54,57,58,59)/p+1. The maximum absolute atomic E-state index is 13.3. The third kappa shape index (κ3) is 14.4. The van der Waals surface area contributed by atoms with E-state index in [4.69, 9.17) is 14.6 Å². The summed E-state index contributed by atoms with van der Waals surface area (Å²) in [6.07, 6.45) is 14.5. The van der Waals surface area contributed by atoms with Crippen LogP contribution in [0.5, 0.6) is 0 Å². The summed E-state index contributed by atoms with van der Waals surface area (Å²) in [6, 6.07) is 8.97. The topological polar surface area (TPSA) is 271 Å². The zero-order valence-corrected chi connectivity index (χ0v) is 40.2. The second kappa shape index (κ2) is 22.6. The van der Waals surface area contributed by atoms with E-state index < -0.39 is 68.7 Å². The second-order valence-electron chi connectivity index (χ2n) is 16.2. The number of carbonyl (C=O) groups is 1. The van der Waals surface area contributed by atoms with Crippen LogP contribution in [0, 0.1) is 0 Å². The van der Waals surface area contributed by atoms with E-state index in [2.05, 4.69) is 4.72 Å². The molecule has 65 heavy (non-hydrogen) atoms. The van der Waals surface area contributed by atoms with Gasteiger partial charge in [0.2, 0.25) is 15.7 Å². The predicted molar refractivity (Wildman–Crippen MR) is 246 cm³/mol. The Morgan fingerprint density at radius 2 is 1.34 bits per heavy atom. The van der Waals surface area contributed by atoms with Gasteiger partial charge in [-0.1, -0.05) is 30.4 Å². The molecular weight excluding hydrogens is 927 g/mol. The fraction of sp³-hybridized carbons (Fsp3) is 0.488. The van der Waals surface area contributed by atoms with Gasteiger partial charge in [0.1, 0.15) is 6.54 Å². The molecule has 0 saturated carbocycles. The fourth-order valence-electron chi connectivity index (χ4n) is 8.37. The Kier molecular flexibility index (Phi) is 18.6. The maximum Gasteiger partial charge on any atom is 0.303 e. The van der Waals surface area contributed by atoms with Crippen LogP contribution in [0.1, 0.15) is 76.3 Å². The number of benzene rings is 2. The Morgan fingerprint density at radius 1 is 0.738 bits per heavy atom. The first-order valence-electron chi connectivity index (χ1n) is 20.9. The van der Waals surface area contributed by atoms with E-state index in [1.165, 1.54) is 25.3 Å². The van der Waals surface area contributed by atoms with E-state index in [-0.39, 0.29) is 55.0 Å². The number of hydrogen-bond acceptors (Lipinski definition) is 12. The number of ether oxygens (including phenoxy) is 2. The number of aliphatic carboxylic acids is 1. The van der Waals surface area contributed by atoms with Gasteiger partial charge in [0.25, 0.3) is 30.4 Å². The van der Waals surface area contributed by atoms with Crippen LogP contribution >= 0.6 is 0 Å². The van der Waals surface area contributed by atoms with Crippen molar-refractivity contribution in [1.82, 2.24) is 4.72 Å². The summed E-state index contributed by atoms with van der Waals surface area (Å²) in [5.74, 6) is -1.95. The molecular formula is C43H60N3O15S4+. The number of unbranched alkanes of at least 4 members (excludes halogenated alkanes) is 2. The molecule has 0 aliphatic carbocycles. The number of anilines is 1. The molecule has 2 aliphatic heterocycles. The Balaban J connectivity index is 1.74. The van der Waals surface area contributed by atoms with E-state index in [1.807, 2.05) is 35.5 Å². The van der Waals surface area contributed by atoms with Crippen molar-refractivity contribution in [2.24, 2.45) is 0 Å². The lowest BCUT2D eigenvalue weighted by Gasteiger charge is -2.30. The first-order valence-corrected chi connectivity index (χ1v) is 27.0. The lowest BCUT2D eigenvalue weighted by atomic mass is 9.76. The first-order chi connectivity index (χ1) is 30.4. The van der Waals surface area contributed by atoms with E-state index in [0.717, 1.165) is 5.70 Å². The number of carboxylic acid groups (broad SMARTS) is 1. The lowest BCUT2D eigenvalue weighted by molar-refractivity contribution is -0.438. The number of sulfonamides is 1. The summed E-state index contributed by atoms with van der Waals surface area (Å²) in [5.41, 5.74) is 1.99. The monoisotopic (exact) mass is 986 g/mol. The molecule has 0 amide bonds. The predicted octanol–water partition coefficient (Wildman–Crippen LogP) is 5.17. The molecule has 2 aliphatic rings. The highest BCUT2D eigenvalue weighted by atomic mass is 32.2. The average molecular weight is 987 g/mol.